The van der Waals surface area contributed by atoms with Crippen molar-refractivity contribution >= 4 is 33.8 Å². The number of pyridine rings is 2. The molecule has 0 aliphatic heterocycles. The smallest absolute Gasteiger partial charge is 0.119 e. The lowest BCUT2D eigenvalue weighted by atomic mass is 10.0. The molecule has 0 aliphatic rings. The summed E-state index contributed by atoms with van der Waals surface area (Å²) in [6.07, 6.45) is 3.82. The highest BCUT2D eigenvalue weighted by molar-refractivity contribution is 7.80. The Morgan fingerprint density at radius 2 is 1.88 bits per heavy atom. The Kier molecular flexibility index (Phi) is 5.81. The summed E-state index contributed by atoms with van der Waals surface area (Å²) in [5, 5.41) is 18.3. The van der Waals surface area contributed by atoms with Gasteiger partial charge in [0.05, 0.1) is 29.4 Å². The lowest BCUT2D eigenvalue weighted by Crippen LogP contribution is -2.17. The average molecular weight is 461 g/mol. The van der Waals surface area contributed by atoms with Gasteiger partial charge in [0.2, 0.25) is 0 Å². The molecule has 164 valence electrons. The van der Waals surface area contributed by atoms with Crippen LogP contribution in [0.4, 0.5) is 5.69 Å². The molecular weight excluding hydrogens is 440 g/mol. The molecule has 3 heterocycles. The second kappa shape index (κ2) is 9.22. The molecule has 5 aromatic rings. The first-order chi connectivity index (χ1) is 16.6. The van der Waals surface area contributed by atoms with Gasteiger partial charge < -0.3 is 5.32 Å². The van der Waals surface area contributed by atoms with Gasteiger partial charge in [-0.3, -0.25) is 14.6 Å². The van der Waals surface area contributed by atoms with E-state index in [4.69, 9.17) is 27.6 Å². The minimum atomic E-state index is 0.383. The molecule has 0 radical (unpaired) electrons. The number of benzene rings is 2. The maximum atomic E-state index is 9.14. The maximum Gasteiger partial charge on any atom is 0.119 e. The zero-order chi connectivity index (χ0) is 23.5. The number of nitrogens with one attached hydrogen (secondary N) is 1. The molecule has 0 saturated heterocycles. The Morgan fingerprint density at radius 1 is 1.03 bits per heavy atom. The minimum Gasteiger partial charge on any atom is -0.348 e. The summed E-state index contributed by atoms with van der Waals surface area (Å²) < 4.78 is 1.83. The SMILES string of the molecule is Cc1cccc(-c2nn(CC(=S)Nc3cccc(C#N)c3)cc2-c2ccnc3ccccc23)n1. The monoisotopic (exact) mass is 460 g/mol. The topological polar surface area (TPSA) is 79.4 Å². The second-order valence-corrected chi connectivity index (χ2v) is 8.36. The molecule has 0 amide bonds. The first kappa shape index (κ1) is 21.4. The molecule has 0 bridgehead atoms. The van der Waals surface area contributed by atoms with Gasteiger partial charge in [-0.05, 0) is 55.0 Å². The Morgan fingerprint density at radius 3 is 2.74 bits per heavy atom. The molecular formula is C27H20N6S. The molecule has 1 N–H and O–H groups in total. The van der Waals surface area contributed by atoms with E-state index in [0.29, 0.717) is 17.1 Å². The number of para-hydroxylation sites is 1. The lowest BCUT2D eigenvalue weighted by Gasteiger charge is -2.08. The van der Waals surface area contributed by atoms with E-state index in [9.17, 15) is 0 Å². The number of aromatic nitrogens is 4. The highest BCUT2D eigenvalue weighted by Gasteiger charge is 2.17. The van der Waals surface area contributed by atoms with Gasteiger partial charge in [-0.15, -0.1) is 0 Å². The van der Waals surface area contributed by atoms with E-state index in [2.05, 4.69) is 22.4 Å². The Balaban J connectivity index is 1.54. The van der Waals surface area contributed by atoms with Crippen molar-refractivity contribution in [3.05, 3.63) is 96.4 Å². The van der Waals surface area contributed by atoms with Crippen molar-refractivity contribution in [3.63, 3.8) is 0 Å². The fraction of sp³-hybridized carbons (Fsp3) is 0.0741. The number of aryl methyl sites for hydroxylation is 1. The third-order valence-corrected chi connectivity index (χ3v) is 5.64. The Hall–Kier alpha value is -4.41. The van der Waals surface area contributed by atoms with Crippen LogP contribution in [0.2, 0.25) is 0 Å². The van der Waals surface area contributed by atoms with Gasteiger partial charge in [-0.25, -0.2) is 0 Å². The molecule has 0 unspecified atom stereocenters. The number of anilines is 1. The molecule has 0 saturated carbocycles. The van der Waals surface area contributed by atoms with E-state index in [1.54, 1.807) is 12.1 Å². The van der Waals surface area contributed by atoms with Gasteiger partial charge in [0.15, 0.2) is 0 Å². The third-order valence-electron chi connectivity index (χ3n) is 5.41. The summed E-state index contributed by atoms with van der Waals surface area (Å²) in [7, 11) is 0. The normalized spacial score (nSPS) is 10.7. The number of hydrogen-bond acceptors (Lipinski definition) is 5. The van der Waals surface area contributed by atoms with Crippen molar-refractivity contribution in [2.45, 2.75) is 13.5 Å². The van der Waals surface area contributed by atoms with Crippen LogP contribution in [0.3, 0.4) is 0 Å². The first-order valence-electron chi connectivity index (χ1n) is 10.8. The van der Waals surface area contributed by atoms with Crippen LogP contribution in [0.25, 0.3) is 33.4 Å². The highest BCUT2D eigenvalue weighted by atomic mass is 32.1. The number of nitriles is 1. The largest absolute Gasteiger partial charge is 0.348 e. The summed E-state index contributed by atoms with van der Waals surface area (Å²) in [4.78, 5) is 9.81. The molecule has 7 heteroatoms. The van der Waals surface area contributed by atoms with Gasteiger partial charge in [-0.1, -0.05) is 42.5 Å². The van der Waals surface area contributed by atoms with E-state index in [0.717, 1.165) is 44.8 Å². The lowest BCUT2D eigenvalue weighted by molar-refractivity contribution is 0.730. The van der Waals surface area contributed by atoms with Gasteiger partial charge in [0.25, 0.3) is 0 Å². The van der Waals surface area contributed by atoms with E-state index in [1.807, 2.05) is 78.6 Å². The van der Waals surface area contributed by atoms with Crippen molar-refractivity contribution < 1.29 is 0 Å². The first-order valence-corrected chi connectivity index (χ1v) is 11.2. The van der Waals surface area contributed by atoms with E-state index >= 15 is 0 Å². The number of nitrogens with zero attached hydrogens (tertiary/aromatic N) is 5. The van der Waals surface area contributed by atoms with Crippen LogP contribution in [0.1, 0.15) is 11.3 Å². The number of fused-ring (bicyclic) bond motifs is 1. The molecule has 0 atom stereocenters. The van der Waals surface area contributed by atoms with Crippen molar-refractivity contribution in [1.29, 1.82) is 5.26 Å². The zero-order valence-corrected chi connectivity index (χ0v) is 19.3. The van der Waals surface area contributed by atoms with E-state index in [1.165, 1.54) is 0 Å². The summed E-state index contributed by atoms with van der Waals surface area (Å²) >= 11 is 5.60. The maximum absolute atomic E-state index is 9.14. The molecule has 6 nitrogen and oxygen atoms in total. The summed E-state index contributed by atoms with van der Waals surface area (Å²) in [5.41, 5.74) is 6.78. The average Bonchev–Trinajstić information content (AvgIpc) is 3.27. The van der Waals surface area contributed by atoms with E-state index in [-0.39, 0.29) is 0 Å². The quantitative estimate of drug-likeness (QED) is 0.335. The van der Waals surface area contributed by atoms with Gasteiger partial charge in [0, 0.05) is 34.7 Å². The molecule has 3 aromatic heterocycles. The van der Waals surface area contributed by atoms with Crippen molar-refractivity contribution in [3.8, 4) is 28.6 Å². The predicted octanol–water partition coefficient (Wildman–Crippen LogP) is 5.78. The summed E-state index contributed by atoms with van der Waals surface area (Å²) in [6, 6.07) is 25.4. The van der Waals surface area contributed by atoms with Crippen LogP contribution in [-0.4, -0.2) is 24.7 Å². The van der Waals surface area contributed by atoms with Crippen molar-refractivity contribution in [1.82, 2.24) is 19.7 Å². The standard InChI is InChI=1S/C27H20N6S/c1-18-6-4-11-25(30-18)27-23(21-12-13-29-24-10-3-2-9-22(21)24)16-33(32-27)17-26(34)31-20-8-5-7-19(14-20)15-28/h2-14,16H,17H2,1H3,(H,31,34). The summed E-state index contributed by atoms with van der Waals surface area (Å²) in [6.45, 7) is 2.35. The van der Waals surface area contributed by atoms with Gasteiger partial charge in [-0.2, -0.15) is 10.4 Å². The number of thiocarbonyl (C=S) groups is 1. The zero-order valence-electron chi connectivity index (χ0n) is 18.4. The van der Waals surface area contributed by atoms with Crippen molar-refractivity contribution in [2.75, 3.05) is 5.32 Å². The van der Waals surface area contributed by atoms with Crippen LogP contribution >= 0.6 is 12.2 Å². The van der Waals surface area contributed by atoms with Gasteiger partial charge >= 0.3 is 0 Å². The van der Waals surface area contributed by atoms with E-state index < -0.39 is 0 Å². The molecule has 0 aliphatic carbocycles. The number of hydrogen-bond donors (Lipinski definition) is 1. The third kappa shape index (κ3) is 4.40. The summed E-state index contributed by atoms with van der Waals surface area (Å²) in [5.74, 6) is 0. The Labute approximate surface area is 202 Å². The van der Waals surface area contributed by atoms with Crippen LogP contribution in [0, 0.1) is 18.3 Å². The molecule has 0 fully saturated rings. The van der Waals surface area contributed by atoms with Crippen LogP contribution in [0.15, 0.2) is 85.2 Å². The van der Waals surface area contributed by atoms with Crippen LogP contribution in [0.5, 0.6) is 0 Å². The van der Waals surface area contributed by atoms with Gasteiger partial charge in [0.1, 0.15) is 10.7 Å². The fourth-order valence-corrected chi connectivity index (χ4v) is 4.16. The fourth-order valence-electron chi connectivity index (χ4n) is 3.91. The van der Waals surface area contributed by atoms with Crippen molar-refractivity contribution in [2.24, 2.45) is 0 Å². The van der Waals surface area contributed by atoms with Crippen LogP contribution in [-0.2, 0) is 6.54 Å². The van der Waals surface area contributed by atoms with Crippen LogP contribution < -0.4 is 5.32 Å². The predicted molar refractivity (Wildman–Crippen MR) is 138 cm³/mol. The molecule has 2 aromatic carbocycles. The highest BCUT2D eigenvalue weighted by Crippen LogP contribution is 2.34. The Bertz CT molecular complexity index is 1560. The number of rotatable bonds is 5. The molecule has 0 spiro atoms. The molecule has 5 rings (SSSR count). The molecule has 34 heavy (non-hydrogen) atoms. The second-order valence-electron chi connectivity index (χ2n) is 7.87. The minimum absolute atomic E-state index is 0.383.